The summed E-state index contributed by atoms with van der Waals surface area (Å²) in [5.74, 6) is 0.322. The molecule has 0 aromatic carbocycles. The van der Waals surface area contributed by atoms with Gasteiger partial charge in [0.15, 0.2) is 5.78 Å². The zero-order valence-corrected chi connectivity index (χ0v) is 8.84. The number of carbonyl (C=O) groups excluding carboxylic acids is 1. The molecule has 2 aromatic heterocycles. The predicted molar refractivity (Wildman–Crippen MR) is 57.5 cm³/mol. The Balaban J connectivity index is 2.21. The second-order valence-electron chi connectivity index (χ2n) is 3.29. The molecule has 0 radical (unpaired) electrons. The van der Waals surface area contributed by atoms with E-state index in [0.29, 0.717) is 17.9 Å². The topological polar surface area (TPSA) is 52.3 Å². The molecular formula is C12H11NO3. The number of ether oxygens (including phenoxy) is 1. The number of methoxy groups -OCH3 is 1. The SMILES string of the molecule is COc1ncccc1C(=O)Cc1ccoc1. The maximum absolute atomic E-state index is 11.9. The molecule has 4 nitrogen and oxygen atoms in total. The third-order valence-electron chi connectivity index (χ3n) is 2.21. The van der Waals surface area contributed by atoms with E-state index in [1.54, 1.807) is 36.9 Å². The Bertz CT molecular complexity index is 477. The molecule has 4 heteroatoms. The van der Waals surface area contributed by atoms with Gasteiger partial charge in [-0.15, -0.1) is 0 Å². The van der Waals surface area contributed by atoms with E-state index in [4.69, 9.17) is 9.15 Å². The Kier molecular flexibility index (Phi) is 3.00. The summed E-state index contributed by atoms with van der Waals surface area (Å²) in [5, 5.41) is 0. The van der Waals surface area contributed by atoms with Crippen LogP contribution in [0.4, 0.5) is 0 Å². The minimum atomic E-state index is -0.0358. The maximum atomic E-state index is 11.9. The summed E-state index contributed by atoms with van der Waals surface area (Å²) < 4.78 is 9.94. The number of hydrogen-bond acceptors (Lipinski definition) is 4. The monoisotopic (exact) mass is 217 g/mol. The normalized spacial score (nSPS) is 10.1. The molecule has 0 N–H and O–H groups in total. The lowest BCUT2D eigenvalue weighted by molar-refractivity contribution is 0.0989. The molecule has 82 valence electrons. The lowest BCUT2D eigenvalue weighted by atomic mass is 10.1. The summed E-state index contributed by atoms with van der Waals surface area (Å²) in [6, 6.07) is 5.18. The lowest BCUT2D eigenvalue weighted by Crippen LogP contribution is -2.06. The highest BCUT2D eigenvalue weighted by Crippen LogP contribution is 2.16. The first-order valence-corrected chi connectivity index (χ1v) is 4.84. The molecule has 0 saturated carbocycles. The molecule has 0 saturated heterocycles. The van der Waals surface area contributed by atoms with Crippen LogP contribution in [0.3, 0.4) is 0 Å². The molecule has 0 bridgehead atoms. The van der Waals surface area contributed by atoms with Crippen molar-refractivity contribution in [2.24, 2.45) is 0 Å². The zero-order valence-electron chi connectivity index (χ0n) is 8.84. The standard InChI is InChI=1S/C12H11NO3/c1-15-12-10(3-2-5-13-12)11(14)7-9-4-6-16-8-9/h2-6,8H,7H2,1H3. The van der Waals surface area contributed by atoms with Gasteiger partial charge in [-0.1, -0.05) is 0 Å². The number of furan rings is 1. The Morgan fingerprint density at radius 2 is 2.38 bits per heavy atom. The fourth-order valence-electron chi connectivity index (χ4n) is 1.44. The molecule has 16 heavy (non-hydrogen) atoms. The van der Waals surface area contributed by atoms with Crippen LogP contribution >= 0.6 is 0 Å². The van der Waals surface area contributed by atoms with E-state index < -0.39 is 0 Å². The summed E-state index contributed by atoms with van der Waals surface area (Å²) >= 11 is 0. The van der Waals surface area contributed by atoms with E-state index in [2.05, 4.69) is 4.98 Å². The van der Waals surface area contributed by atoms with Crippen LogP contribution in [0.15, 0.2) is 41.3 Å². The fraction of sp³-hybridized carbons (Fsp3) is 0.167. The van der Waals surface area contributed by atoms with Crippen LogP contribution in [0.2, 0.25) is 0 Å². The minimum Gasteiger partial charge on any atom is -0.480 e. The molecule has 2 heterocycles. The van der Waals surface area contributed by atoms with E-state index in [1.165, 1.54) is 7.11 Å². The minimum absolute atomic E-state index is 0.0358. The van der Waals surface area contributed by atoms with Gasteiger partial charge in [0.05, 0.1) is 25.2 Å². The van der Waals surface area contributed by atoms with E-state index >= 15 is 0 Å². The molecule has 0 amide bonds. The molecule has 0 unspecified atom stereocenters. The van der Waals surface area contributed by atoms with Crippen LogP contribution in [-0.2, 0) is 6.42 Å². The van der Waals surface area contributed by atoms with Gasteiger partial charge in [0.25, 0.3) is 0 Å². The average molecular weight is 217 g/mol. The molecule has 2 aromatic rings. The van der Waals surface area contributed by atoms with Gasteiger partial charge in [-0.05, 0) is 23.8 Å². The van der Waals surface area contributed by atoms with Crippen LogP contribution in [0, 0.1) is 0 Å². The van der Waals surface area contributed by atoms with E-state index in [1.807, 2.05) is 0 Å². The summed E-state index contributed by atoms with van der Waals surface area (Å²) in [6.45, 7) is 0. The third kappa shape index (κ3) is 2.11. The van der Waals surface area contributed by atoms with Crippen LogP contribution in [-0.4, -0.2) is 17.9 Å². The average Bonchev–Trinajstić information content (AvgIpc) is 2.81. The van der Waals surface area contributed by atoms with Crippen molar-refractivity contribution in [3.8, 4) is 5.88 Å². The molecule has 0 aliphatic rings. The van der Waals surface area contributed by atoms with E-state index in [9.17, 15) is 4.79 Å². The highest BCUT2D eigenvalue weighted by Gasteiger charge is 2.13. The Morgan fingerprint density at radius 1 is 1.50 bits per heavy atom. The number of nitrogens with zero attached hydrogens (tertiary/aromatic N) is 1. The van der Waals surface area contributed by atoms with Gasteiger partial charge < -0.3 is 9.15 Å². The first-order chi connectivity index (χ1) is 7.81. The summed E-state index contributed by atoms with van der Waals surface area (Å²) in [4.78, 5) is 15.9. The van der Waals surface area contributed by atoms with Crippen molar-refractivity contribution in [1.82, 2.24) is 4.98 Å². The predicted octanol–water partition coefficient (Wildman–Crippen LogP) is 2.11. The van der Waals surface area contributed by atoms with Crippen molar-refractivity contribution in [3.63, 3.8) is 0 Å². The summed E-state index contributed by atoms with van der Waals surface area (Å²) in [7, 11) is 1.50. The van der Waals surface area contributed by atoms with Gasteiger partial charge >= 0.3 is 0 Å². The quantitative estimate of drug-likeness (QED) is 0.736. The number of rotatable bonds is 4. The summed E-state index contributed by atoms with van der Waals surface area (Å²) in [5.41, 5.74) is 1.34. The fourth-order valence-corrected chi connectivity index (χ4v) is 1.44. The molecule has 0 atom stereocenters. The number of ketones is 1. The molecule has 0 spiro atoms. The van der Waals surface area contributed by atoms with Crippen LogP contribution in [0.25, 0.3) is 0 Å². The van der Waals surface area contributed by atoms with Crippen molar-refractivity contribution < 1.29 is 13.9 Å². The lowest BCUT2D eigenvalue weighted by Gasteiger charge is -2.04. The number of pyridine rings is 1. The van der Waals surface area contributed by atoms with Crippen molar-refractivity contribution in [2.75, 3.05) is 7.11 Å². The first-order valence-electron chi connectivity index (χ1n) is 4.84. The Hall–Kier alpha value is -2.10. The molecule has 2 rings (SSSR count). The number of hydrogen-bond donors (Lipinski definition) is 0. The number of carbonyl (C=O) groups is 1. The second-order valence-corrected chi connectivity index (χ2v) is 3.29. The Morgan fingerprint density at radius 3 is 3.06 bits per heavy atom. The number of aromatic nitrogens is 1. The van der Waals surface area contributed by atoms with Gasteiger partial charge in [0, 0.05) is 12.6 Å². The zero-order chi connectivity index (χ0) is 11.4. The van der Waals surface area contributed by atoms with Crippen molar-refractivity contribution in [3.05, 3.63) is 48.0 Å². The summed E-state index contributed by atoms with van der Waals surface area (Å²) in [6.07, 6.45) is 4.98. The van der Waals surface area contributed by atoms with Gasteiger partial charge in [-0.2, -0.15) is 0 Å². The number of Topliss-reactive ketones (excluding diaryl/α,β-unsaturated/α-hetero) is 1. The second kappa shape index (κ2) is 4.61. The first kappa shape index (κ1) is 10.4. The van der Waals surface area contributed by atoms with E-state index in [0.717, 1.165) is 5.56 Å². The van der Waals surface area contributed by atoms with Crippen LogP contribution in [0.1, 0.15) is 15.9 Å². The third-order valence-corrected chi connectivity index (χ3v) is 2.21. The van der Waals surface area contributed by atoms with Crippen molar-refractivity contribution in [1.29, 1.82) is 0 Å². The van der Waals surface area contributed by atoms with Gasteiger partial charge in [-0.3, -0.25) is 4.79 Å². The smallest absolute Gasteiger partial charge is 0.224 e. The van der Waals surface area contributed by atoms with Gasteiger partial charge in [0.1, 0.15) is 0 Å². The maximum Gasteiger partial charge on any atom is 0.224 e. The van der Waals surface area contributed by atoms with Crippen molar-refractivity contribution in [2.45, 2.75) is 6.42 Å². The van der Waals surface area contributed by atoms with E-state index in [-0.39, 0.29) is 5.78 Å². The Labute approximate surface area is 92.9 Å². The molecule has 0 fully saturated rings. The van der Waals surface area contributed by atoms with Crippen molar-refractivity contribution >= 4 is 5.78 Å². The highest BCUT2D eigenvalue weighted by atomic mass is 16.5. The molecule has 0 aliphatic heterocycles. The van der Waals surface area contributed by atoms with Gasteiger partial charge in [-0.25, -0.2) is 4.98 Å². The van der Waals surface area contributed by atoms with Crippen LogP contribution in [0.5, 0.6) is 5.88 Å². The molecular weight excluding hydrogens is 206 g/mol. The highest BCUT2D eigenvalue weighted by molar-refractivity contribution is 5.99. The largest absolute Gasteiger partial charge is 0.480 e. The van der Waals surface area contributed by atoms with Crippen LogP contribution < -0.4 is 4.74 Å². The van der Waals surface area contributed by atoms with Gasteiger partial charge in [0.2, 0.25) is 5.88 Å². The molecule has 0 aliphatic carbocycles.